The number of rotatable bonds is 5. The molecule has 0 spiro atoms. The lowest BCUT2D eigenvalue weighted by Gasteiger charge is -2.28. The molecule has 1 saturated heterocycles. The van der Waals surface area contributed by atoms with Crippen LogP contribution in [-0.4, -0.2) is 39.1 Å². The molecule has 124 valence electrons. The molecule has 7 nitrogen and oxygen atoms in total. The van der Waals surface area contributed by atoms with Crippen LogP contribution in [0.3, 0.4) is 0 Å². The number of hydrogen-bond acceptors (Lipinski definition) is 5. The minimum absolute atomic E-state index is 0.0159. The monoisotopic (exact) mass is 322 g/mol. The fraction of sp³-hybridized carbons (Fsp3) is 0.533. The molecule has 0 saturated carbocycles. The summed E-state index contributed by atoms with van der Waals surface area (Å²) in [6.45, 7) is 4.81. The van der Waals surface area contributed by atoms with Crippen molar-refractivity contribution in [2.24, 2.45) is 7.05 Å². The van der Waals surface area contributed by atoms with E-state index in [-0.39, 0.29) is 23.6 Å². The lowest BCUT2D eigenvalue weighted by Crippen LogP contribution is -2.39. The largest absolute Gasteiger partial charge is 0.483 e. The van der Waals surface area contributed by atoms with E-state index in [0.717, 1.165) is 15.8 Å². The second kappa shape index (κ2) is 6.11. The van der Waals surface area contributed by atoms with Crippen molar-refractivity contribution in [3.8, 4) is 11.4 Å². The van der Waals surface area contributed by atoms with Crippen LogP contribution in [0, 0.1) is 5.82 Å². The summed E-state index contributed by atoms with van der Waals surface area (Å²) in [6, 6.07) is 2.94. The molecular formula is C15H19FN4O3. The van der Waals surface area contributed by atoms with Crippen LogP contribution in [0.4, 0.5) is 4.39 Å². The highest BCUT2D eigenvalue weighted by molar-refractivity contribution is 5.50. The van der Waals surface area contributed by atoms with E-state index in [1.54, 1.807) is 6.07 Å². The lowest BCUT2D eigenvalue weighted by atomic mass is 9.97. The number of tetrazole rings is 1. The molecule has 8 heteroatoms. The zero-order valence-electron chi connectivity index (χ0n) is 13.3. The van der Waals surface area contributed by atoms with Gasteiger partial charge in [0.05, 0.1) is 13.2 Å². The first kappa shape index (κ1) is 15.7. The van der Waals surface area contributed by atoms with Gasteiger partial charge in [-0.15, -0.1) is 0 Å². The van der Waals surface area contributed by atoms with Crippen LogP contribution in [0.1, 0.15) is 31.7 Å². The number of hydrogen-bond donors (Lipinski definition) is 0. The quantitative estimate of drug-likeness (QED) is 0.832. The number of benzene rings is 1. The molecule has 0 radical (unpaired) electrons. The molecule has 2 aromatic rings. The highest BCUT2D eigenvalue weighted by atomic mass is 19.1. The zero-order valence-corrected chi connectivity index (χ0v) is 13.3. The summed E-state index contributed by atoms with van der Waals surface area (Å²) in [5.41, 5.74) is 0.505. The van der Waals surface area contributed by atoms with Gasteiger partial charge in [0.25, 0.3) is 0 Å². The molecule has 0 aliphatic carbocycles. The first-order valence-corrected chi connectivity index (χ1v) is 7.58. The van der Waals surface area contributed by atoms with Crippen LogP contribution in [-0.2, 0) is 11.8 Å². The van der Waals surface area contributed by atoms with Crippen molar-refractivity contribution in [2.45, 2.75) is 32.3 Å². The molecule has 0 N–H and O–H groups in total. The number of aromatic nitrogens is 4. The van der Waals surface area contributed by atoms with Gasteiger partial charge < -0.3 is 9.47 Å². The molecule has 1 aliphatic rings. The summed E-state index contributed by atoms with van der Waals surface area (Å²) in [7, 11) is 1.51. The SMILES string of the molecule is CCC(C)c1cc(-n2nnn(C)c2=O)c(OC2COC2)cc1F. The maximum absolute atomic E-state index is 14.4. The summed E-state index contributed by atoms with van der Waals surface area (Å²) in [6.07, 6.45) is 0.637. The molecule has 1 fully saturated rings. The van der Waals surface area contributed by atoms with Gasteiger partial charge in [0.2, 0.25) is 0 Å². The van der Waals surface area contributed by atoms with Gasteiger partial charge in [0.1, 0.15) is 23.4 Å². The van der Waals surface area contributed by atoms with Gasteiger partial charge in [-0.1, -0.05) is 13.8 Å². The van der Waals surface area contributed by atoms with Gasteiger partial charge in [-0.05, 0) is 34.4 Å². The third-order valence-electron chi connectivity index (χ3n) is 4.07. The average Bonchev–Trinajstić information content (AvgIpc) is 2.82. The highest BCUT2D eigenvalue weighted by Gasteiger charge is 2.25. The minimum Gasteiger partial charge on any atom is -0.483 e. The second-order valence-corrected chi connectivity index (χ2v) is 5.72. The maximum atomic E-state index is 14.4. The van der Waals surface area contributed by atoms with Crippen molar-refractivity contribution in [1.82, 2.24) is 19.8 Å². The first-order valence-electron chi connectivity index (χ1n) is 7.58. The summed E-state index contributed by atoms with van der Waals surface area (Å²) in [5.74, 6) is -0.0667. The van der Waals surface area contributed by atoms with Gasteiger partial charge in [0, 0.05) is 13.1 Å². The summed E-state index contributed by atoms with van der Waals surface area (Å²) < 4.78 is 27.5. The predicted molar refractivity (Wildman–Crippen MR) is 80.5 cm³/mol. The molecular weight excluding hydrogens is 303 g/mol. The Morgan fingerprint density at radius 3 is 2.70 bits per heavy atom. The summed E-state index contributed by atoms with van der Waals surface area (Å²) in [5, 5.41) is 7.54. The molecule has 1 aromatic heterocycles. The van der Waals surface area contributed by atoms with Gasteiger partial charge in [0.15, 0.2) is 0 Å². The van der Waals surface area contributed by atoms with Gasteiger partial charge in [-0.3, -0.25) is 0 Å². The molecule has 1 atom stereocenters. The first-order chi connectivity index (χ1) is 11.0. The van der Waals surface area contributed by atoms with Crippen molar-refractivity contribution < 1.29 is 13.9 Å². The Balaban J connectivity index is 2.12. The number of halogens is 1. The normalized spacial score (nSPS) is 16.2. The smallest absolute Gasteiger partial charge is 0.368 e. The number of aryl methyl sites for hydroxylation is 1. The Morgan fingerprint density at radius 2 is 2.17 bits per heavy atom. The van der Waals surface area contributed by atoms with E-state index in [4.69, 9.17) is 9.47 Å². The van der Waals surface area contributed by atoms with E-state index < -0.39 is 5.69 Å². The van der Waals surface area contributed by atoms with E-state index in [1.807, 2.05) is 13.8 Å². The second-order valence-electron chi connectivity index (χ2n) is 5.72. The van der Waals surface area contributed by atoms with E-state index in [1.165, 1.54) is 13.1 Å². The third kappa shape index (κ3) is 2.86. The topological polar surface area (TPSA) is 71.2 Å². The Bertz CT molecular complexity index is 767. The van der Waals surface area contributed by atoms with Crippen LogP contribution in [0.25, 0.3) is 5.69 Å². The maximum Gasteiger partial charge on any atom is 0.368 e. The molecule has 2 heterocycles. The van der Waals surface area contributed by atoms with Crippen molar-refractivity contribution in [2.75, 3.05) is 13.2 Å². The number of ether oxygens (including phenoxy) is 2. The third-order valence-corrected chi connectivity index (χ3v) is 4.07. The zero-order chi connectivity index (χ0) is 16.6. The van der Waals surface area contributed by atoms with Crippen LogP contribution in [0.2, 0.25) is 0 Å². The van der Waals surface area contributed by atoms with Gasteiger partial charge in [-0.2, -0.15) is 9.36 Å². The van der Waals surface area contributed by atoms with E-state index in [9.17, 15) is 9.18 Å². The van der Waals surface area contributed by atoms with Crippen molar-refractivity contribution >= 4 is 0 Å². The standard InChI is InChI=1S/C15H19FN4O3/c1-4-9(2)11-5-13(20-15(21)19(3)17-18-20)14(6-12(11)16)23-10-7-22-8-10/h5-6,9-10H,4,7-8H2,1-3H3. The van der Waals surface area contributed by atoms with Crippen LogP contribution in [0.15, 0.2) is 16.9 Å². The van der Waals surface area contributed by atoms with Gasteiger partial charge >= 0.3 is 5.69 Å². The van der Waals surface area contributed by atoms with Crippen LogP contribution < -0.4 is 10.4 Å². The molecule has 23 heavy (non-hydrogen) atoms. The molecule has 1 aliphatic heterocycles. The molecule has 3 rings (SSSR count). The highest BCUT2D eigenvalue weighted by Crippen LogP contribution is 2.31. The van der Waals surface area contributed by atoms with Crippen molar-refractivity contribution in [3.63, 3.8) is 0 Å². The summed E-state index contributed by atoms with van der Waals surface area (Å²) >= 11 is 0. The fourth-order valence-corrected chi connectivity index (χ4v) is 2.34. The molecule has 0 amide bonds. The molecule has 1 aromatic carbocycles. The van der Waals surface area contributed by atoms with Crippen LogP contribution in [0.5, 0.6) is 5.75 Å². The number of nitrogens with zero attached hydrogens (tertiary/aromatic N) is 4. The summed E-state index contributed by atoms with van der Waals surface area (Å²) in [4.78, 5) is 12.2. The lowest BCUT2D eigenvalue weighted by molar-refractivity contribution is -0.0798. The minimum atomic E-state index is -0.415. The van der Waals surface area contributed by atoms with Crippen molar-refractivity contribution in [1.29, 1.82) is 0 Å². The van der Waals surface area contributed by atoms with Crippen LogP contribution >= 0.6 is 0 Å². The average molecular weight is 322 g/mol. The Labute approximate surface area is 132 Å². The van der Waals surface area contributed by atoms with E-state index in [0.29, 0.717) is 24.5 Å². The Kier molecular flexibility index (Phi) is 4.16. The van der Waals surface area contributed by atoms with E-state index >= 15 is 0 Å². The van der Waals surface area contributed by atoms with E-state index in [2.05, 4.69) is 10.4 Å². The predicted octanol–water partition coefficient (Wildman–Crippen LogP) is 1.40. The Hall–Kier alpha value is -2.22. The fourth-order valence-electron chi connectivity index (χ4n) is 2.34. The Morgan fingerprint density at radius 1 is 1.43 bits per heavy atom. The van der Waals surface area contributed by atoms with Crippen molar-refractivity contribution in [3.05, 3.63) is 34.0 Å². The molecule has 0 bridgehead atoms. The molecule has 1 unspecified atom stereocenters. The van der Waals surface area contributed by atoms with Gasteiger partial charge in [-0.25, -0.2) is 9.18 Å².